The van der Waals surface area contributed by atoms with Crippen molar-refractivity contribution >= 4 is 32.3 Å². The Balaban J connectivity index is 1.93. The fourth-order valence-corrected chi connectivity index (χ4v) is 5.69. The average Bonchev–Trinajstić information content (AvgIpc) is 2.71. The Morgan fingerprint density at radius 1 is 1.20 bits per heavy atom. The molecule has 11 heteroatoms. The van der Waals surface area contributed by atoms with Crippen molar-refractivity contribution in [2.24, 2.45) is 0 Å². The summed E-state index contributed by atoms with van der Waals surface area (Å²) in [6.07, 6.45) is -4.35. The second-order valence-electron chi connectivity index (χ2n) is 10.6. The first-order valence-electron chi connectivity index (χ1n) is 11.4. The van der Waals surface area contributed by atoms with Gasteiger partial charge in [-0.25, -0.2) is 13.4 Å². The van der Waals surface area contributed by atoms with Gasteiger partial charge in [0.15, 0.2) is 9.84 Å². The van der Waals surface area contributed by atoms with Crippen molar-refractivity contribution in [3.05, 3.63) is 35.0 Å². The van der Waals surface area contributed by atoms with Gasteiger partial charge in [-0.15, -0.1) is 0 Å². The van der Waals surface area contributed by atoms with E-state index in [1.54, 1.807) is 39.0 Å². The normalized spacial score (nSPS) is 20.0. The van der Waals surface area contributed by atoms with Gasteiger partial charge in [0.1, 0.15) is 12.2 Å². The molecule has 2 heterocycles. The van der Waals surface area contributed by atoms with Crippen LogP contribution in [0.15, 0.2) is 18.2 Å². The molecule has 3 rings (SSSR count). The number of sulfone groups is 1. The first-order valence-corrected chi connectivity index (χ1v) is 13.1. The lowest BCUT2D eigenvalue weighted by Gasteiger charge is -2.38. The molecule has 1 aliphatic rings. The number of hydrogen-bond acceptors (Lipinski definition) is 6. The fourth-order valence-electron chi connectivity index (χ4n) is 4.18. The lowest BCUT2D eigenvalue weighted by Crippen LogP contribution is -2.62. The third kappa shape index (κ3) is 5.88. The van der Waals surface area contributed by atoms with Crippen LogP contribution < -0.4 is 16.0 Å². The highest BCUT2D eigenvalue weighted by Crippen LogP contribution is 2.34. The maximum Gasteiger partial charge on any atom is 0.405 e. The van der Waals surface area contributed by atoms with Gasteiger partial charge < -0.3 is 16.0 Å². The Morgan fingerprint density at radius 2 is 1.86 bits per heavy atom. The number of fused-ring (bicyclic) bond motifs is 1. The number of pyridine rings is 1. The third-order valence-corrected chi connectivity index (χ3v) is 9.15. The molecule has 0 bridgehead atoms. The van der Waals surface area contributed by atoms with Gasteiger partial charge in [-0.05, 0) is 55.5 Å². The van der Waals surface area contributed by atoms with Crippen molar-refractivity contribution in [1.82, 2.24) is 15.6 Å². The van der Waals surface area contributed by atoms with Crippen LogP contribution in [0.25, 0.3) is 10.9 Å². The SMILES string of the molecule is Cc1cc(C(=O)NC[C@H]2NCCS(=O)(=O)C2(C)C)nc2c(C(C)(C)C)cc(NCC(F)(F)F)cc12. The highest BCUT2D eigenvalue weighted by molar-refractivity contribution is 7.92. The molecule has 0 radical (unpaired) electrons. The van der Waals surface area contributed by atoms with E-state index in [0.717, 1.165) is 0 Å². The average molecular weight is 515 g/mol. The van der Waals surface area contributed by atoms with E-state index in [1.807, 2.05) is 20.8 Å². The molecule has 1 amide bonds. The Hall–Kier alpha value is -2.40. The number of carbonyl (C=O) groups is 1. The van der Waals surface area contributed by atoms with Gasteiger partial charge in [0.25, 0.3) is 5.91 Å². The molecule has 194 valence electrons. The van der Waals surface area contributed by atoms with Gasteiger partial charge in [-0.1, -0.05) is 20.8 Å². The smallest absolute Gasteiger partial charge is 0.376 e. The van der Waals surface area contributed by atoms with Crippen LogP contribution in [0.3, 0.4) is 0 Å². The summed E-state index contributed by atoms with van der Waals surface area (Å²) >= 11 is 0. The number of aryl methyl sites for hydroxylation is 1. The van der Waals surface area contributed by atoms with Gasteiger partial charge in [0, 0.05) is 30.2 Å². The number of rotatable bonds is 5. The summed E-state index contributed by atoms with van der Waals surface area (Å²) < 4.78 is 62.1. The zero-order chi connectivity index (χ0) is 26.4. The van der Waals surface area contributed by atoms with Crippen LogP contribution in [-0.4, -0.2) is 61.7 Å². The number of hydrogen-bond donors (Lipinski definition) is 3. The number of amides is 1. The van der Waals surface area contributed by atoms with Crippen LogP contribution >= 0.6 is 0 Å². The molecule has 0 aliphatic carbocycles. The summed E-state index contributed by atoms with van der Waals surface area (Å²) in [5, 5.41) is 9.05. The van der Waals surface area contributed by atoms with Gasteiger partial charge in [0.05, 0.1) is 16.0 Å². The van der Waals surface area contributed by atoms with Crippen LogP contribution in [0, 0.1) is 6.92 Å². The molecular formula is C24H33F3N4O3S. The Morgan fingerprint density at radius 3 is 2.46 bits per heavy atom. The second-order valence-corrected chi connectivity index (χ2v) is 13.3. The Bertz CT molecular complexity index is 1240. The van der Waals surface area contributed by atoms with Crippen LogP contribution in [0.4, 0.5) is 18.9 Å². The molecule has 0 unspecified atom stereocenters. The summed E-state index contributed by atoms with van der Waals surface area (Å²) in [6.45, 7) is 10.1. The highest BCUT2D eigenvalue weighted by atomic mass is 32.2. The van der Waals surface area contributed by atoms with E-state index < -0.39 is 44.7 Å². The topological polar surface area (TPSA) is 100 Å². The van der Waals surface area contributed by atoms with Crippen LogP contribution in [0.5, 0.6) is 0 Å². The Kier molecular flexibility index (Phi) is 7.18. The molecule has 3 N–H and O–H groups in total. The summed E-state index contributed by atoms with van der Waals surface area (Å²) in [7, 11) is -3.30. The fraction of sp³-hybridized carbons (Fsp3) is 0.583. The second kappa shape index (κ2) is 9.24. The van der Waals surface area contributed by atoms with Crippen molar-refractivity contribution in [3.63, 3.8) is 0 Å². The summed E-state index contributed by atoms with van der Waals surface area (Å²) in [4.78, 5) is 17.6. The van der Waals surface area contributed by atoms with Gasteiger partial charge in [0.2, 0.25) is 0 Å². The zero-order valence-electron chi connectivity index (χ0n) is 20.9. The van der Waals surface area contributed by atoms with E-state index in [2.05, 4.69) is 20.9 Å². The van der Waals surface area contributed by atoms with Gasteiger partial charge in [-0.2, -0.15) is 13.2 Å². The minimum Gasteiger partial charge on any atom is -0.376 e. The number of benzene rings is 1. The monoisotopic (exact) mass is 514 g/mol. The predicted molar refractivity (Wildman–Crippen MR) is 132 cm³/mol. The molecule has 1 aliphatic heterocycles. The van der Waals surface area contributed by atoms with E-state index in [9.17, 15) is 26.4 Å². The van der Waals surface area contributed by atoms with E-state index in [1.165, 1.54) is 0 Å². The predicted octanol–water partition coefficient (Wildman–Crippen LogP) is 3.71. The number of alkyl halides is 3. The largest absolute Gasteiger partial charge is 0.405 e. The standard InChI is InChI=1S/C24H33F3N4O3S/c1-14-9-18(21(32)29-12-19-23(5,6)35(33,34)8-7-28-19)31-20-16(14)10-15(30-13-24(25,26)27)11-17(20)22(2,3)4/h9-11,19,28,30H,7-8,12-13H2,1-6H3,(H,29,32)/t19-/m1/s1. The van der Waals surface area contributed by atoms with Crippen LogP contribution in [0.2, 0.25) is 0 Å². The summed E-state index contributed by atoms with van der Waals surface area (Å²) in [5.74, 6) is -0.402. The number of carbonyl (C=O) groups excluding carboxylic acids is 1. The summed E-state index contributed by atoms with van der Waals surface area (Å²) in [5.41, 5.74) is 1.98. The number of nitrogens with one attached hydrogen (secondary N) is 3. The molecule has 2 aromatic rings. The van der Waals surface area contributed by atoms with Crippen LogP contribution in [0.1, 0.15) is 56.2 Å². The molecule has 1 atom stereocenters. The van der Waals surface area contributed by atoms with E-state index >= 15 is 0 Å². The maximum absolute atomic E-state index is 13.0. The lowest BCUT2D eigenvalue weighted by atomic mass is 9.84. The zero-order valence-corrected chi connectivity index (χ0v) is 21.7. The van der Waals surface area contributed by atoms with E-state index in [4.69, 9.17) is 0 Å². The first-order chi connectivity index (χ1) is 15.9. The first kappa shape index (κ1) is 27.2. The molecular weight excluding hydrogens is 481 g/mol. The highest BCUT2D eigenvalue weighted by Gasteiger charge is 2.44. The molecule has 1 aromatic heterocycles. The molecule has 0 saturated carbocycles. The quantitative estimate of drug-likeness (QED) is 0.563. The minimum absolute atomic E-state index is 0.0469. The third-order valence-electron chi connectivity index (χ3n) is 6.52. The maximum atomic E-state index is 13.0. The van der Waals surface area contributed by atoms with E-state index in [-0.39, 0.29) is 18.0 Å². The van der Waals surface area contributed by atoms with Crippen LogP contribution in [-0.2, 0) is 15.3 Å². The van der Waals surface area contributed by atoms with Gasteiger partial charge in [-0.3, -0.25) is 4.79 Å². The molecule has 1 saturated heterocycles. The number of anilines is 1. The molecule has 1 aromatic carbocycles. The molecule has 1 fully saturated rings. The van der Waals surface area contributed by atoms with Gasteiger partial charge >= 0.3 is 6.18 Å². The molecule has 0 spiro atoms. The van der Waals surface area contributed by atoms with E-state index in [0.29, 0.717) is 34.3 Å². The number of nitrogens with zero attached hydrogens (tertiary/aromatic N) is 1. The van der Waals surface area contributed by atoms with Crippen molar-refractivity contribution < 1.29 is 26.4 Å². The van der Waals surface area contributed by atoms with Crippen molar-refractivity contribution in [1.29, 1.82) is 0 Å². The summed E-state index contributed by atoms with van der Waals surface area (Å²) in [6, 6.07) is 4.38. The van der Waals surface area contributed by atoms with Crippen molar-refractivity contribution in [3.8, 4) is 0 Å². The molecule has 35 heavy (non-hydrogen) atoms. The number of halogens is 3. The minimum atomic E-state index is -4.35. The lowest BCUT2D eigenvalue weighted by molar-refractivity contribution is -0.115. The van der Waals surface area contributed by atoms with Crippen molar-refractivity contribution in [2.75, 3.05) is 30.7 Å². The Labute approximate surface area is 204 Å². The molecule has 7 nitrogen and oxygen atoms in total. The number of aromatic nitrogens is 1. The van der Waals surface area contributed by atoms with Crippen molar-refractivity contribution in [2.45, 2.75) is 63.9 Å².